The second-order valence-corrected chi connectivity index (χ2v) is 7.01. The summed E-state index contributed by atoms with van der Waals surface area (Å²) in [6.45, 7) is 6.18. The molecule has 0 aliphatic carbocycles. The second kappa shape index (κ2) is 6.86. The first-order valence-electron chi connectivity index (χ1n) is 7.37. The van der Waals surface area contributed by atoms with Crippen molar-refractivity contribution < 1.29 is 9.47 Å². The zero-order valence-corrected chi connectivity index (χ0v) is 14.3. The fraction of sp³-hybridized carbons (Fsp3) is 0.438. The number of halogens is 1. The number of aromatic nitrogens is 1. The molecule has 2 aromatic rings. The molecule has 6 heteroatoms. The third kappa shape index (κ3) is 3.54. The Hall–Kier alpha value is -1.30. The maximum Gasteiger partial charge on any atom is 0.179 e. The number of nitrogens with zero attached hydrogens (tertiary/aromatic N) is 1. The summed E-state index contributed by atoms with van der Waals surface area (Å²) in [5, 5.41) is 5.19. The Bertz CT molecular complexity index is 660. The van der Waals surface area contributed by atoms with Crippen molar-refractivity contribution in [1.82, 2.24) is 10.3 Å². The lowest BCUT2D eigenvalue weighted by Crippen LogP contribution is -2.17. The zero-order chi connectivity index (χ0) is 15.5. The van der Waals surface area contributed by atoms with Crippen LogP contribution in [0.5, 0.6) is 11.5 Å². The lowest BCUT2D eigenvalue weighted by atomic mass is 10.2. The Morgan fingerprint density at radius 3 is 2.95 bits per heavy atom. The lowest BCUT2D eigenvalue weighted by Gasteiger charge is -2.14. The highest BCUT2D eigenvalue weighted by molar-refractivity contribution is 7.11. The molecule has 0 amide bonds. The Labute approximate surface area is 139 Å². The van der Waals surface area contributed by atoms with Gasteiger partial charge in [-0.3, -0.25) is 0 Å². The van der Waals surface area contributed by atoms with E-state index in [9.17, 15) is 0 Å². The highest BCUT2D eigenvalue weighted by atomic mass is 35.5. The van der Waals surface area contributed by atoms with Crippen molar-refractivity contribution in [3.8, 4) is 11.5 Å². The molecule has 1 N–H and O–H groups in total. The quantitative estimate of drug-likeness (QED) is 0.910. The third-order valence-corrected chi connectivity index (χ3v) is 4.92. The largest absolute Gasteiger partial charge is 0.489 e. The molecule has 0 saturated heterocycles. The van der Waals surface area contributed by atoms with E-state index in [-0.39, 0.29) is 6.04 Å². The van der Waals surface area contributed by atoms with Gasteiger partial charge < -0.3 is 14.8 Å². The summed E-state index contributed by atoms with van der Waals surface area (Å²) in [6.07, 6.45) is 2.80. The summed E-state index contributed by atoms with van der Waals surface area (Å²) in [4.78, 5) is 5.53. The first-order chi connectivity index (χ1) is 10.6. The molecule has 22 heavy (non-hydrogen) atoms. The van der Waals surface area contributed by atoms with Crippen LogP contribution >= 0.6 is 22.9 Å². The number of fused-ring (bicyclic) bond motifs is 1. The summed E-state index contributed by atoms with van der Waals surface area (Å²) in [5.41, 5.74) is 1.09. The van der Waals surface area contributed by atoms with Gasteiger partial charge in [0.2, 0.25) is 0 Å². The van der Waals surface area contributed by atoms with E-state index in [0.717, 1.165) is 22.7 Å². The summed E-state index contributed by atoms with van der Waals surface area (Å²) in [5.74, 6) is 1.40. The molecule has 1 aromatic carbocycles. The predicted molar refractivity (Wildman–Crippen MR) is 89.2 cm³/mol. The topological polar surface area (TPSA) is 43.4 Å². The Balaban J connectivity index is 1.70. The molecule has 0 fully saturated rings. The van der Waals surface area contributed by atoms with Crippen molar-refractivity contribution >= 4 is 22.9 Å². The normalized spacial score (nSPS) is 15.4. The molecule has 1 aliphatic rings. The van der Waals surface area contributed by atoms with E-state index in [1.54, 1.807) is 11.3 Å². The van der Waals surface area contributed by atoms with E-state index < -0.39 is 0 Å². The van der Waals surface area contributed by atoms with Crippen molar-refractivity contribution in [3.05, 3.63) is 38.8 Å². The molecule has 1 aromatic heterocycles. The third-order valence-electron chi connectivity index (χ3n) is 3.54. The van der Waals surface area contributed by atoms with Crippen LogP contribution in [0, 0.1) is 6.92 Å². The van der Waals surface area contributed by atoms with Crippen molar-refractivity contribution in [2.75, 3.05) is 13.2 Å². The number of hydrogen-bond donors (Lipinski definition) is 1. The smallest absolute Gasteiger partial charge is 0.179 e. The van der Waals surface area contributed by atoms with Gasteiger partial charge in [0.1, 0.15) is 0 Å². The second-order valence-electron chi connectivity index (χ2n) is 5.34. The first-order valence-corrected chi connectivity index (χ1v) is 8.56. The maximum absolute atomic E-state index is 6.31. The van der Waals surface area contributed by atoms with Gasteiger partial charge in [-0.25, -0.2) is 4.98 Å². The van der Waals surface area contributed by atoms with E-state index in [1.807, 2.05) is 25.3 Å². The molecule has 0 unspecified atom stereocenters. The monoisotopic (exact) mass is 338 g/mol. The van der Waals surface area contributed by atoms with Gasteiger partial charge in [0, 0.05) is 30.1 Å². The number of nitrogens with one attached hydrogen (secondary N) is 1. The van der Waals surface area contributed by atoms with Gasteiger partial charge in [-0.05, 0) is 31.5 Å². The Morgan fingerprint density at radius 2 is 2.18 bits per heavy atom. The van der Waals surface area contributed by atoms with Crippen molar-refractivity contribution in [3.63, 3.8) is 0 Å². The van der Waals surface area contributed by atoms with E-state index in [0.29, 0.717) is 30.5 Å². The highest BCUT2D eigenvalue weighted by Gasteiger charge is 2.16. The molecule has 3 rings (SSSR count). The summed E-state index contributed by atoms with van der Waals surface area (Å²) in [7, 11) is 0. The van der Waals surface area contributed by atoms with Gasteiger partial charge >= 0.3 is 0 Å². The number of thiazole rings is 1. The number of aryl methyl sites for hydroxylation is 1. The molecule has 1 aliphatic heterocycles. The fourth-order valence-corrected chi connectivity index (χ4v) is 3.44. The van der Waals surface area contributed by atoms with Gasteiger partial charge in [-0.1, -0.05) is 11.6 Å². The fourth-order valence-electron chi connectivity index (χ4n) is 2.34. The molecular formula is C16H19ClN2O2S. The minimum Gasteiger partial charge on any atom is -0.489 e. The van der Waals surface area contributed by atoms with Crippen molar-refractivity contribution in [2.24, 2.45) is 0 Å². The lowest BCUT2D eigenvalue weighted by molar-refractivity contribution is 0.297. The molecule has 118 valence electrons. The standard InChI is InChI=1S/C16H19ClN2O2S/c1-10(15-9-19-11(2)22-15)18-8-12-6-13(17)16-14(7-12)20-4-3-5-21-16/h6-7,9-10,18H,3-5,8H2,1-2H3/t10-/m0/s1. The first kappa shape index (κ1) is 15.6. The Kier molecular flexibility index (Phi) is 4.86. The molecule has 1 atom stereocenters. The molecule has 2 heterocycles. The van der Waals surface area contributed by atoms with Crippen LogP contribution in [0.1, 0.15) is 34.8 Å². The average Bonchev–Trinajstić information content (AvgIpc) is 2.79. The van der Waals surface area contributed by atoms with Crippen LogP contribution in [0.4, 0.5) is 0 Å². The van der Waals surface area contributed by atoms with Gasteiger partial charge in [0.15, 0.2) is 11.5 Å². The minimum absolute atomic E-state index is 0.251. The van der Waals surface area contributed by atoms with Gasteiger partial charge in [-0.15, -0.1) is 11.3 Å². The molecular weight excluding hydrogens is 320 g/mol. The molecule has 0 radical (unpaired) electrons. The van der Waals surface area contributed by atoms with Gasteiger partial charge in [0.25, 0.3) is 0 Å². The summed E-state index contributed by atoms with van der Waals surface area (Å²) >= 11 is 8.03. The minimum atomic E-state index is 0.251. The molecule has 4 nitrogen and oxygen atoms in total. The highest BCUT2D eigenvalue weighted by Crippen LogP contribution is 2.38. The van der Waals surface area contributed by atoms with Gasteiger partial charge in [-0.2, -0.15) is 0 Å². The molecule has 0 bridgehead atoms. The number of ether oxygens (including phenoxy) is 2. The van der Waals surface area contributed by atoms with Crippen LogP contribution in [-0.4, -0.2) is 18.2 Å². The van der Waals surface area contributed by atoms with Crippen LogP contribution in [-0.2, 0) is 6.54 Å². The van der Waals surface area contributed by atoms with E-state index >= 15 is 0 Å². The van der Waals surface area contributed by atoms with E-state index in [1.165, 1.54) is 4.88 Å². The Morgan fingerprint density at radius 1 is 1.36 bits per heavy atom. The van der Waals surface area contributed by atoms with Crippen LogP contribution in [0.2, 0.25) is 5.02 Å². The summed E-state index contributed by atoms with van der Waals surface area (Å²) in [6, 6.07) is 4.19. The van der Waals surface area contributed by atoms with E-state index in [2.05, 4.69) is 17.2 Å². The summed E-state index contributed by atoms with van der Waals surface area (Å²) < 4.78 is 11.4. The average molecular weight is 339 g/mol. The zero-order valence-electron chi connectivity index (χ0n) is 12.7. The molecule has 0 spiro atoms. The van der Waals surface area contributed by atoms with E-state index in [4.69, 9.17) is 21.1 Å². The maximum atomic E-state index is 6.31. The molecule has 0 saturated carbocycles. The van der Waals surface area contributed by atoms with Gasteiger partial charge in [0.05, 0.1) is 23.2 Å². The SMILES string of the molecule is Cc1ncc([C@H](C)NCc2cc(Cl)c3c(c2)OCCCO3)s1. The van der Waals surface area contributed by atoms with Crippen molar-refractivity contribution in [2.45, 2.75) is 32.9 Å². The van der Waals surface area contributed by atoms with Crippen LogP contribution in [0.15, 0.2) is 18.3 Å². The van der Waals surface area contributed by atoms with Crippen molar-refractivity contribution in [1.29, 1.82) is 0 Å². The number of rotatable bonds is 4. The number of hydrogen-bond acceptors (Lipinski definition) is 5. The van der Waals surface area contributed by atoms with Crippen LogP contribution in [0.3, 0.4) is 0 Å². The predicted octanol–water partition coefficient (Wildman–Crippen LogP) is 4.12. The van der Waals surface area contributed by atoms with Crippen LogP contribution in [0.25, 0.3) is 0 Å². The van der Waals surface area contributed by atoms with Crippen LogP contribution < -0.4 is 14.8 Å². The number of benzene rings is 1.